The number of imidazole rings is 1. The van der Waals surface area contributed by atoms with Gasteiger partial charge >= 0.3 is 0 Å². The van der Waals surface area contributed by atoms with Gasteiger partial charge in [-0.1, -0.05) is 91.0 Å². The molecule has 0 aliphatic rings. The van der Waals surface area contributed by atoms with Gasteiger partial charge in [-0.3, -0.25) is 8.97 Å². The van der Waals surface area contributed by atoms with E-state index in [9.17, 15) is 8.78 Å². The molecule has 0 N–H and O–H groups in total. The Morgan fingerprint density at radius 3 is 1.88 bits per heavy atom. The first-order chi connectivity index (χ1) is 23.6. The van der Waals surface area contributed by atoms with Gasteiger partial charge in [0.05, 0.1) is 33.3 Å². The number of rotatable bonds is 3. The van der Waals surface area contributed by atoms with Gasteiger partial charge in [0.25, 0.3) is 0 Å². The summed E-state index contributed by atoms with van der Waals surface area (Å²) in [6, 6.07) is 46.2. The number of nitrogens with zero attached hydrogens (tertiary/aromatic N) is 4. The molecule has 4 heterocycles. The van der Waals surface area contributed by atoms with Crippen LogP contribution >= 0.6 is 0 Å². The van der Waals surface area contributed by atoms with Gasteiger partial charge in [-0.05, 0) is 71.1 Å². The first kappa shape index (κ1) is 26.8. The maximum absolute atomic E-state index is 14.6. The average Bonchev–Trinajstić information content (AvgIpc) is 3.68. The molecule has 6 heteroatoms. The van der Waals surface area contributed by atoms with Gasteiger partial charge in [0.15, 0.2) is 0 Å². The van der Waals surface area contributed by atoms with Gasteiger partial charge in [0.2, 0.25) is 0 Å². The number of benzene rings is 6. The second-order valence-corrected chi connectivity index (χ2v) is 12.1. The molecule has 0 fully saturated rings. The minimum atomic E-state index is -0.351. The molecular formula is C42H24F2N4. The molecule has 226 valence electrons. The highest BCUT2D eigenvalue weighted by molar-refractivity contribution is 6.24. The quantitative estimate of drug-likeness (QED) is 0.184. The molecule has 0 spiro atoms. The highest BCUT2D eigenvalue weighted by atomic mass is 19.1. The van der Waals surface area contributed by atoms with Crippen LogP contribution in [0.25, 0.3) is 88.4 Å². The first-order valence-corrected chi connectivity index (χ1v) is 15.8. The second kappa shape index (κ2) is 10.0. The lowest BCUT2D eigenvalue weighted by atomic mass is 10.0. The van der Waals surface area contributed by atoms with Gasteiger partial charge in [0, 0.05) is 27.1 Å². The fraction of sp³-hybridized carbons (Fsp3) is 0. The van der Waals surface area contributed by atoms with E-state index in [-0.39, 0.29) is 11.6 Å². The van der Waals surface area contributed by atoms with Crippen molar-refractivity contribution in [3.05, 3.63) is 157 Å². The molecule has 0 amide bonds. The Morgan fingerprint density at radius 1 is 0.438 bits per heavy atom. The van der Waals surface area contributed by atoms with Gasteiger partial charge in [-0.2, -0.15) is 0 Å². The Labute approximate surface area is 272 Å². The van der Waals surface area contributed by atoms with E-state index in [1.54, 1.807) is 12.1 Å². The molecule has 10 rings (SSSR count). The zero-order chi connectivity index (χ0) is 31.9. The minimum absolute atomic E-state index is 0.331. The van der Waals surface area contributed by atoms with E-state index in [4.69, 9.17) is 9.97 Å². The fourth-order valence-electron chi connectivity index (χ4n) is 7.33. The first-order valence-electron chi connectivity index (χ1n) is 15.8. The van der Waals surface area contributed by atoms with Crippen LogP contribution in [0.3, 0.4) is 0 Å². The third-order valence-corrected chi connectivity index (χ3v) is 9.37. The summed E-state index contributed by atoms with van der Waals surface area (Å²) < 4.78 is 33.6. The van der Waals surface area contributed by atoms with E-state index in [1.165, 1.54) is 24.3 Å². The highest BCUT2D eigenvalue weighted by Gasteiger charge is 2.22. The van der Waals surface area contributed by atoms with Crippen LogP contribution in [-0.4, -0.2) is 18.9 Å². The van der Waals surface area contributed by atoms with E-state index in [0.29, 0.717) is 22.6 Å². The molecule has 0 aliphatic carbocycles. The standard InChI is InChI=1S/C42H24F2N4/c43-28-11-7-9-25(21-28)27-23-36(26-10-8-12-29(44)22-26)45-39(24-27)47-37-17-5-3-14-31(37)33-20-19-32-30-13-1-2-15-34(30)42-46-35-16-4-6-18-38(35)48(42)41(32)40(33)47/h1-24H. The summed E-state index contributed by atoms with van der Waals surface area (Å²) in [7, 11) is 0. The van der Waals surface area contributed by atoms with Crippen LogP contribution in [0, 0.1) is 11.6 Å². The molecule has 0 atom stereocenters. The van der Waals surface area contributed by atoms with Crippen molar-refractivity contribution in [2.45, 2.75) is 0 Å². The van der Waals surface area contributed by atoms with Gasteiger partial charge < -0.3 is 0 Å². The van der Waals surface area contributed by atoms with Crippen LogP contribution in [0.15, 0.2) is 146 Å². The van der Waals surface area contributed by atoms with E-state index in [1.807, 2.05) is 54.6 Å². The van der Waals surface area contributed by atoms with Crippen molar-refractivity contribution in [1.82, 2.24) is 18.9 Å². The Kier molecular flexibility index (Phi) is 5.61. The van der Waals surface area contributed by atoms with Crippen LogP contribution in [0.5, 0.6) is 0 Å². The van der Waals surface area contributed by atoms with Crippen molar-refractivity contribution in [1.29, 1.82) is 0 Å². The lowest BCUT2D eigenvalue weighted by Crippen LogP contribution is -2.02. The lowest BCUT2D eigenvalue weighted by molar-refractivity contribution is 0.628. The summed E-state index contributed by atoms with van der Waals surface area (Å²) in [5, 5.41) is 5.41. The van der Waals surface area contributed by atoms with Crippen molar-refractivity contribution in [2.75, 3.05) is 0 Å². The SMILES string of the molecule is Fc1cccc(-c2cc(-c3cccc(F)c3)nc(-n3c4ccccc4c4ccc5c6ccccc6c6nc7ccccc7n6c5c43)c2)c1. The van der Waals surface area contributed by atoms with Crippen LogP contribution in [-0.2, 0) is 0 Å². The van der Waals surface area contributed by atoms with Crippen molar-refractivity contribution in [3.63, 3.8) is 0 Å². The summed E-state index contributed by atoms with van der Waals surface area (Å²) in [6.45, 7) is 0. The van der Waals surface area contributed by atoms with Crippen LogP contribution in [0.1, 0.15) is 0 Å². The van der Waals surface area contributed by atoms with Gasteiger partial charge in [-0.15, -0.1) is 0 Å². The Morgan fingerprint density at radius 2 is 1.08 bits per heavy atom. The fourth-order valence-corrected chi connectivity index (χ4v) is 7.33. The molecule has 0 saturated heterocycles. The molecule has 48 heavy (non-hydrogen) atoms. The summed E-state index contributed by atoms with van der Waals surface area (Å²) in [5.74, 6) is -0.0427. The van der Waals surface area contributed by atoms with Crippen molar-refractivity contribution in [3.8, 4) is 28.2 Å². The largest absolute Gasteiger partial charge is 0.292 e. The molecule has 0 saturated carbocycles. The molecule has 0 radical (unpaired) electrons. The zero-order valence-electron chi connectivity index (χ0n) is 25.4. The Hall–Kier alpha value is -6.40. The van der Waals surface area contributed by atoms with E-state index >= 15 is 0 Å². The van der Waals surface area contributed by atoms with Crippen LogP contribution in [0.2, 0.25) is 0 Å². The normalized spacial score (nSPS) is 12.0. The zero-order valence-corrected chi connectivity index (χ0v) is 25.4. The summed E-state index contributed by atoms with van der Waals surface area (Å²) in [6.07, 6.45) is 0. The summed E-state index contributed by atoms with van der Waals surface area (Å²) in [5.41, 5.74) is 8.45. The van der Waals surface area contributed by atoms with Crippen LogP contribution < -0.4 is 0 Å². The maximum Gasteiger partial charge on any atom is 0.146 e. The van der Waals surface area contributed by atoms with Crippen LogP contribution in [0.4, 0.5) is 8.78 Å². The number of hydrogen-bond acceptors (Lipinski definition) is 2. The molecule has 4 aromatic heterocycles. The minimum Gasteiger partial charge on any atom is -0.292 e. The number of halogens is 2. The lowest BCUT2D eigenvalue weighted by Gasteiger charge is -2.15. The van der Waals surface area contributed by atoms with Crippen molar-refractivity contribution in [2.24, 2.45) is 0 Å². The molecule has 0 unspecified atom stereocenters. The number of fused-ring (bicyclic) bond motifs is 12. The second-order valence-electron chi connectivity index (χ2n) is 12.1. The third kappa shape index (κ3) is 3.86. The van der Waals surface area contributed by atoms with Crippen molar-refractivity contribution >= 4 is 60.2 Å². The molecule has 4 nitrogen and oxygen atoms in total. The average molecular weight is 623 g/mol. The number of para-hydroxylation sites is 3. The number of hydrogen-bond donors (Lipinski definition) is 0. The molecule has 0 aliphatic heterocycles. The molecule has 0 bridgehead atoms. The Balaban J connectivity index is 1.43. The smallest absolute Gasteiger partial charge is 0.146 e. The maximum atomic E-state index is 14.6. The predicted molar refractivity (Wildman–Crippen MR) is 191 cm³/mol. The molecule has 10 aromatic rings. The van der Waals surface area contributed by atoms with E-state index in [2.05, 4.69) is 63.6 Å². The molecular weight excluding hydrogens is 598 g/mol. The van der Waals surface area contributed by atoms with Crippen molar-refractivity contribution < 1.29 is 8.78 Å². The third-order valence-electron chi connectivity index (χ3n) is 9.37. The summed E-state index contributed by atoms with van der Waals surface area (Å²) >= 11 is 0. The number of aromatic nitrogens is 4. The van der Waals surface area contributed by atoms with E-state index < -0.39 is 0 Å². The van der Waals surface area contributed by atoms with E-state index in [0.717, 1.165) is 65.7 Å². The van der Waals surface area contributed by atoms with Gasteiger partial charge in [-0.25, -0.2) is 18.7 Å². The highest BCUT2D eigenvalue weighted by Crippen LogP contribution is 2.41. The topological polar surface area (TPSA) is 35.1 Å². The number of pyridine rings is 2. The molecule has 6 aromatic carbocycles. The Bertz CT molecular complexity index is 2870. The monoisotopic (exact) mass is 622 g/mol. The summed E-state index contributed by atoms with van der Waals surface area (Å²) in [4.78, 5) is 10.4. The predicted octanol–water partition coefficient (Wildman–Crippen LogP) is 10.9. The van der Waals surface area contributed by atoms with Gasteiger partial charge in [0.1, 0.15) is 23.1 Å².